The molecule has 0 fully saturated rings. The van der Waals surface area contributed by atoms with Crippen LogP contribution in [0.15, 0.2) is 30.3 Å². The fourth-order valence-electron chi connectivity index (χ4n) is 2.59. The van der Waals surface area contributed by atoms with Gasteiger partial charge in [-0.3, -0.25) is 4.79 Å². The lowest BCUT2D eigenvalue weighted by atomic mass is 9.98. The average Bonchev–Trinajstić information content (AvgIpc) is 2.66. The lowest BCUT2D eigenvalue weighted by molar-refractivity contribution is -0.121. The number of benzene rings is 2. The maximum Gasteiger partial charge on any atom is 0.139 e. The summed E-state index contributed by atoms with van der Waals surface area (Å²) in [7, 11) is 0. The van der Waals surface area contributed by atoms with Gasteiger partial charge in [0.1, 0.15) is 28.1 Å². The van der Waals surface area contributed by atoms with E-state index >= 15 is 0 Å². The predicted octanol–water partition coefficient (Wildman–Crippen LogP) is 6.01. The van der Waals surface area contributed by atoms with Crippen molar-refractivity contribution < 1.29 is 19.4 Å². The minimum Gasteiger partial charge on any atom is -0.507 e. The summed E-state index contributed by atoms with van der Waals surface area (Å²) in [6.07, 6.45) is 1.80. The van der Waals surface area contributed by atoms with Crippen LogP contribution in [0.3, 0.4) is 0 Å². The number of aromatic hydroxyl groups is 1. The molecule has 0 bridgehead atoms. The summed E-state index contributed by atoms with van der Waals surface area (Å²) in [5.41, 5.74) is 1.28. The van der Waals surface area contributed by atoms with Crippen molar-refractivity contribution in [1.82, 2.24) is 0 Å². The van der Waals surface area contributed by atoms with Gasteiger partial charge in [0.05, 0.1) is 18.2 Å². The standard InChI is InChI=1S/C22H26Cl2O4/c1-14(2)18(25)13-16-9-10-19(15(3)22(16)26)27-11-4-5-12-28-20-8-6-7-17(23)21(20)24/h6-10,14,26H,4-5,11-13H2,1-3H3. The summed E-state index contributed by atoms with van der Waals surface area (Å²) in [5, 5.41) is 11.2. The molecule has 6 heteroatoms. The van der Waals surface area contributed by atoms with Crippen LogP contribution in [0, 0.1) is 12.8 Å². The molecule has 0 unspecified atom stereocenters. The number of carbonyl (C=O) groups is 1. The van der Waals surface area contributed by atoms with Gasteiger partial charge in [0.15, 0.2) is 0 Å². The van der Waals surface area contributed by atoms with Gasteiger partial charge in [-0.15, -0.1) is 0 Å². The highest BCUT2D eigenvalue weighted by Crippen LogP contribution is 2.32. The molecule has 0 saturated carbocycles. The van der Waals surface area contributed by atoms with Crippen LogP contribution >= 0.6 is 23.2 Å². The van der Waals surface area contributed by atoms with Gasteiger partial charge in [-0.1, -0.05) is 49.2 Å². The number of phenolic OH excluding ortho intramolecular Hbond substituents is 1. The molecular weight excluding hydrogens is 399 g/mol. The van der Waals surface area contributed by atoms with Gasteiger partial charge < -0.3 is 14.6 Å². The summed E-state index contributed by atoms with van der Waals surface area (Å²) in [6, 6.07) is 8.84. The molecule has 0 aliphatic heterocycles. The Labute approximate surface area is 176 Å². The highest BCUT2D eigenvalue weighted by molar-refractivity contribution is 6.42. The molecule has 0 saturated heterocycles. The number of rotatable bonds is 10. The average molecular weight is 425 g/mol. The first kappa shape index (κ1) is 22.4. The maximum absolute atomic E-state index is 11.9. The highest BCUT2D eigenvalue weighted by atomic mass is 35.5. The van der Waals surface area contributed by atoms with E-state index < -0.39 is 0 Å². The molecule has 0 heterocycles. The molecule has 2 aromatic carbocycles. The Balaban J connectivity index is 1.79. The van der Waals surface area contributed by atoms with E-state index in [1.807, 2.05) is 13.8 Å². The molecule has 1 N–H and O–H groups in total. The van der Waals surface area contributed by atoms with E-state index in [-0.39, 0.29) is 23.9 Å². The van der Waals surface area contributed by atoms with Crippen LogP contribution in [0.5, 0.6) is 17.2 Å². The fourth-order valence-corrected chi connectivity index (χ4v) is 2.94. The second kappa shape index (κ2) is 10.6. The summed E-state index contributed by atoms with van der Waals surface area (Å²) >= 11 is 12.0. The van der Waals surface area contributed by atoms with E-state index in [1.165, 1.54) is 0 Å². The molecular formula is C22H26Cl2O4. The van der Waals surface area contributed by atoms with Crippen molar-refractivity contribution in [2.75, 3.05) is 13.2 Å². The maximum atomic E-state index is 11.9. The molecule has 0 aliphatic carbocycles. The van der Waals surface area contributed by atoms with Crippen molar-refractivity contribution in [2.24, 2.45) is 5.92 Å². The molecule has 0 radical (unpaired) electrons. The fraction of sp³-hybridized carbons (Fsp3) is 0.409. The van der Waals surface area contributed by atoms with Crippen molar-refractivity contribution in [3.8, 4) is 17.2 Å². The largest absolute Gasteiger partial charge is 0.507 e. The van der Waals surface area contributed by atoms with Crippen LogP contribution in [0.2, 0.25) is 10.0 Å². The number of hydrogen-bond donors (Lipinski definition) is 1. The van der Waals surface area contributed by atoms with Crippen LogP contribution in [0.4, 0.5) is 0 Å². The van der Waals surface area contributed by atoms with Crippen LogP contribution in [-0.4, -0.2) is 24.1 Å². The minimum atomic E-state index is -0.0559. The molecule has 0 aliphatic rings. The van der Waals surface area contributed by atoms with E-state index in [0.717, 1.165) is 12.8 Å². The molecule has 28 heavy (non-hydrogen) atoms. The molecule has 0 atom stereocenters. The van der Waals surface area contributed by atoms with Crippen molar-refractivity contribution in [1.29, 1.82) is 0 Å². The first-order chi connectivity index (χ1) is 13.3. The number of halogens is 2. The zero-order valence-electron chi connectivity index (χ0n) is 16.4. The molecule has 4 nitrogen and oxygen atoms in total. The van der Waals surface area contributed by atoms with Gasteiger partial charge in [-0.2, -0.15) is 0 Å². The normalized spacial score (nSPS) is 10.9. The smallest absolute Gasteiger partial charge is 0.139 e. The first-order valence-electron chi connectivity index (χ1n) is 9.35. The van der Waals surface area contributed by atoms with Crippen molar-refractivity contribution >= 4 is 29.0 Å². The zero-order valence-corrected chi connectivity index (χ0v) is 17.9. The summed E-state index contributed by atoms with van der Waals surface area (Å²) in [6.45, 7) is 6.50. The third-order valence-corrected chi connectivity index (χ3v) is 5.25. The van der Waals surface area contributed by atoms with Gasteiger partial charge in [0.2, 0.25) is 0 Å². The Hall–Kier alpha value is -1.91. The third-order valence-electron chi connectivity index (χ3n) is 4.44. The number of unbranched alkanes of at least 4 members (excludes halogenated alkanes) is 1. The van der Waals surface area contributed by atoms with Crippen molar-refractivity contribution in [3.63, 3.8) is 0 Å². The van der Waals surface area contributed by atoms with Crippen LogP contribution in [0.1, 0.15) is 37.8 Å². The summed E-state index contributed by atoms with van der Waals surface area (Å²) in [5.74, 6) is 1.37. The SMILES string of the molecule is Cc1c(OCCCCOc2cccc(Cl)c2Cl)ccc(CC(=O)C(C)C)c1O. The van der Waals surface area contributed by atoms with E-state index in [1.54, 1.807) is 37.3 Å². The van der Waals surface area contributed by atoms with Gasteiger partial charge in [-0.25, -0.2) is 0 Å². The van der Waals surface area contributed by atoms with Gasteiger partial charge in [0, 0.05) is 23.5 Å². The number of carbonyl (C=O) groups excluding carboxylic acids is 1. The Bertz CT molecular complexity index is 818. The first-order valence-corrected chi connectivity index (χ1v) is 10.1. The molecule has 152 valence electrons. The van der Waals surface area contributed by atoms with Gasteiger partial charge in [-0.05, 0) is 38.0 Å². The molecule has 0 aromatic heterocycles. The monoisotopic (exact) mass is 424 g/mol. The lowest BCUT2D eigenvalue weighted by Gasteiger charge is -2.14. The highest BCUT2D eigenvalue weighted by Gasteiger charge is 2.15. The van der Waals surface area contributed by atoms with Gasteiger partial charge in [0.25, 0.3) is 0 Å². The summed E-state index contributed by atoms with van der Waals surface area (Å²) in [4.78, 5) is 11.9. The number of phenols is 1. The Morgan fingerprint density at radius 2 is 1.68 bits per heavy atom. The minimum absolute atomic E-state index is 0.0559. The van der Waals surface area contributed by atoms with E-state index in [0.29, 0.717) is 45.9 Å². The third kappa shape index (κ3) is 6.05. The summed E-state index contributed by atoms with van der Waals surface area (Å²) < 4.78 is 11.4. The topological polar surface area (TPSA) is 55.8 Å². The van der Waals surface area contributed by atoms with Crippen LogP contribution in [-0.2, 0) is 11.2 Å². The van der Waals surface area contributed by atoms with Crippen LogP contribution < -0.4 is 9.47 Å². The molecule has 2 rings (SSSR count). The van der Waals surface area contributed by atoms with E-state index in [4.69, 9.17) is 32.7 Å². The number of ketones is 1. The Morgan fingerprint density at radius 1 is 1.04 bits per heavy atom. The quantitative estimate of drug-likeness (QED) is 0.474. The number of Topliss-reactive ketones (excluding diaryl/α,β-unsaturated/α-hetero) is 1. The zero-order chi connectivity index (χ0) is 20.7. The van der Waals surface area contributed by atoms with E-state index in [9.17, 15) is 9.90 Å². The van der Waals surface area contributed by atoms with Crippen molar-refractivity contribution in [2.45, 2.75) is 40.0 Å². The second-order valence-electron chi connectivity index (χ2n) is 6.95. The molecule has 0 amide bonds. The van der Waals surface area contributed by atoms with Crippen molar-refractivity contribution in [3.05, 3.63) is 51.5 Å². The lowest BCUT2D eigenvalue weighted by Crippen LogP contribution is -2.10. The second-order valence-corrected chi connectivity index (χ2v) is 7.74. The Kier molecular flexibility index (Phi) is 8.46. The molecule has 0 spiro atoms. The Morgan fingerprint density at radius 3 is 2.32 bits per heavy atom. The number of hydrogen-bond acceptors (Lipinski definition) is 4. The van der Waals surface area contributed by atoms with Crippen LogP contribution in [0.25, 0.3) is 0 Å². The van der Waals surface area contributed by atoms with E-state index in [2.05, 4.69) is 0 Å². The molecule has 2 aromatic rings. The van der Waals surface area contributed by atoms with Gasteiger partial charge >= 0.3 is 0 Å². The predicted molar refractivity (Wildman–Crippen MR) is 113 cm³/mol. The number of ether oxygens (including phenoxy) is 2.